The Morgan fingerprint density at radius 3 is 2.67 bits per heavy atom. The van der Waals surface area contributed by atoms with Crippen molar-refractivity contribution in [3.63, 3.8) is 0 Å². The van der Waals surface area contributed by atoms with Gasteiger partial charge >= 0.3 is 5.97 Å². The second-order valence-corrected chi connectivity index (χ2v) is 6.40. The quantitative estimate of drug-likeness (QED) is 0.521. The van der Waals surface area contributed by atoms with Crippen LogP contribution in [0.4, 0.5) is 0 Å². The summed E-state index contributed by atoms with van der Waals surface area (Å²) in [6, 6.07) is 0. The first-order valence-corrected chi connectivity index (χ1v) is 7.01. The fraction of sp³-hybridized carbons (Fsp3) is 0.700. The van der Waals surface area contributed by atoms with E-state index in [1.807, 2.05) is 0 Å². The number of hydrogen-bond donors (Lipinski definition) is 0. The third-order valence-electron chi connectivity index (χ3n) is 2.43. The highest BCUT2D eigenvalue weighted by Gasteiger charge is 2.31. The van der Waals surface area contributed by atoms with Gasteiger partial charge in [-0.2, -0.15) is 0 Å². The molecule has 0 N–H and O–H groups in total. The molecule has 0 aromatic rings. The highest BCUT2D eigenvalue weighted by Crippen LogP contribution is 2.12. The molecule has 0 radical (unpaired) electrons. The van der Waals surface area contributed by atoms with Crippen molar-refractivity contribution in [2.75, 3.05) is 18.1 Å². The van der Waals surface area contributed by atoms with Crippen molar-refractivity contribution in [1.29, 1.82) is 0 Å². The molecule has 5 heteroatoms. The maximum Gasteiger partial charge on any atom is 0.349 e. The second kappa shape index (κ2) is 4.79. The van der Waals surface area contributed by atoms with E-state index >= 15 is 0 Å². The molecule has 1 aliphatic heterocycles. The number of Topliss-reactive ketones (excluding diaryl/α,β-unsaturated/α-hetero) is 1. The van der Waals surface area contributed by atoms with E-state index in [0.29, 0.717) is 24.3 Å². The van der Waals surface area contributed by atoms with Crippen molar-refractivity contribution in [2.45, 2.75) is 26.7 Å². The van der Waals surface area contributed by atoms with Crippen LogP contribution in [0.25, 0.3) is 0 Å². The molecule has 1 rings (SSSR count). The van der Waals surface area contributed by atoms with Gasteiger partial charge in [-0.25, -0.2) is 4.79 Å². The van der Waals surface area contributed by atoms with E-state index in [4.69, 9.17) is 4.74 Å². The molecular formula is C10H16O4S. The van der Waals surface area contributed by atoms with E-state index in [0.717, 1.165) is 0 Å². The summed E-state index contributed by atoms with van der Waals surface area (Å²) in [5.41, 5.74) is 0. The maximum atomic E-state index is 12.3. The number of rotatable bonds is 3. The molecule has 1 unspecified atom stereocenters. The lowest BCUT2D eigenvalue weighted by molar-refractivity contribution is -0.135. The third kappa shape index (κ3) is 2.40. The molecule has 0 saturated carbocycles. The molecule has 0 aliphatic carbocycles. The van der Waals surface area contributed by atoms with Gasteiger partial charge in [-0.3, -0.25) is 9.00 Å². The van der Waals surface area contributed by atoms with Crippen LogP contribution in [0.15, 0.2) is 0 Å². The van der Waals surface area contributed by atoms with E-state index in [9.17, 15) is 13.8 Å². The fourth-order valence-electron chi connectivity index (χ4n) is 1.64. The highest BCUT2D eigenvalue weighted by atomic mass is 32.2. The molecule has 0 amide bonds. The largest absolute Gasteiger partial charge is 0.462 e. The summed E-state index contributed by atoms with van der Waals surface area (Å²) >= 11 is 0. The first kappa shape index (κ1) is 12.2. The monoisotopic (exact) mass is 232 g/mol. The van der Waals surface area contributed by atoms with Crippen molar-refractivity contribution in [1.82, 2.24) is 0 Å². The minimum Gasteiger partial charge on any atom is -0.462 e. The van der Waals surface area contributed by atoms with Crippen molar-refractivity contribution in [3.05, 3.63) is 0 Å². The van der Waals surface area contributed by atoms with Gasteiger partial charge in [0, 0.05) is 17.9 Å². The SMILES string of the molecule is CCOC(=O)C1=S(=O)(CC)CCCC1=O. The first-order valence-electron chi connectivity index (χ1n) is 5.12. The van der Waals surface area contributed by atoms with Crippen LogP contribution in [0.5, 0.6) is 0 Å². The average molecular weight is 232 g/mol. The minimum absolute atomic E-state index is 0.0851. The predicted molar refractivity (Wildman–Crippen MR) is 59.4 cm³/mol. The smallest absolute Gasteiger partial charge is 0.349 e. The van der Waals surface area contributed by atoms with Crippen LogP contribution in [0.1, 0.15) is 26.7 Å². The topological polar surface area (TPSA) is 60.4 Å². The Labute approximate surface area is 90.0 Å². The zero-order valence-corrected chi connectivity index (χ0v) is 9.89. The van der Waals surface area contributed by atoms with Crippen LogP contribution in [0, 0.1) is 0 Å². The Morgan fingerprint density at radius 1 is 1.47 bits per heavy atom. The molecule has 0 aromatic heterocycles. The zero-order chi connectivity index (χ0) is 11.5. The number of ketones is 1. The van der Waals surface area contributed by atoms with Gasteiger partial charge in [0.15, 0.2) is 10.6 Å². The average Bonchev–Trinajstić information content (AvgIpc) is 2.18. The van der Waals surface area contributed by atoms with E-state index in [2.05, 4.69) is 0 Å². The number of hydrogen-bond acceptors (Lipinski definition) is 4. The molecule has 0 bridgehead atoms. The van der Waals surface area contributed by atoms with Crippen molar-refractivity contribution >= 4 is 26.1 Å². The summed E-state index contributed by atoms with van der Waals surface area (Å²) in [6.45, 7) is 3.61. The lowest BCUT2D eigenvalue weighted by Crippen LogP contribution is -2.38. The summed E-state index contributed by atoms with van der Waals surface area (Å²) < 4.78 is 17.0. The van der Waals surface area contributed by atoms with Crippen LogP contribution < -0.4 is 0 Å². The van der Waals surface area contributed by atoms with E-state index < -0.39 is 15.5 Å². The summed E-state index contributed by atoms with van der Waals surface area (Å²) in [6.07, 6.45) is 0.916. The van der Waals surface area contributed by atoms with Gasteiger partial charge in [0.2, 0.25) is 0 Å². The molecule has 0 saturated heterocycles. The standard InChI is InChI=1S/C10H16O4S/c1-3-14-10(12)9-8(11)6-5-7-15(9,13)4-2/h3-7H2,1-2H3. The van der Waals surface area contributed by atoms with Crippen LogP contribution in [-0.4, -0.2) is 38.9 Å². The van der Waals surface area contributed by atoms with Crippen molar-refractivity contribution in [3.8, 4) is 0 Å². The Bertz CT molecular complexity index is 388. The molecular weight excluding hydrogens is 216 g/mol. The van der Waals surface area contributed by atoms with Gasteiger partial charge in [0.05, 0.1) is 6.61 Å². The van der Waals surface area contributed by atoms with E-state index in [-0.39, 0.29) is 17.3 Å². The van der Waals surface area contributed by atoms with Crippen LogP contribution in [-0.2, 0) is 23.8 Å². The van der Waals surface area contributed by atoms with Crippen molar-refractivity contribution in [2.24, 2.45) is 0 Å². The van der Waals surface area contributed by atoms with E-state index in [1.165, 1.54) is 0 Å². The fourth-order valence-corrected chi connectivity index (χ4v) is 3.91. The molecule has 15 heavy (non-hydrogen) atoms. The van der Waals surface area contributed by atoms with Crippen LogP contribution in [0.2, 0.25) is 0 Å². The summed E-state index contributed by atoms with van der Waals surface area (Å²) in [7, 11) is -2.45. The molecule has 0 aromatic carbocycles. The Kier molecular flexibility index (Phi) is 3.90. The van der Waals surface area contributed by atoms with Crippen LogP contribution in [0.3, 0.4) is 0 Å². The molecule has 86 valence electrons. The predicted octanol–water partition coefficient (Wildman–Crippen LogP) is 0.389. The molecule has 0 spiro atoms. The normalized spacial score (nSPS) is 26.5. The van der Waals surface area contributed by atoms with Gasteiger partial charge in [0.1, 0.15) is 0 Å². The van der Waals surface area contributed by atoms with Gasteiger partial charge < -0.3 is 4.74 Å². The third-order valence-corrected chi connectivity index (χ3v) is 5.45. The number of ether oxygens (including phenoxy) is 1. The number of carbonyl (C=O) groups excluding carboxylic acids is 2. The second-order valence-electron chi connectivity index (χ2n) is 3.38. The van der Waals surface area contributed by atoms with Crippen molar-refractivity contribution < 1.29 is 18.5 Å². The minimum atomic E-state index is -2.45. The van der Waals surface area contributed by atoms with Gasteiger partial charge in [-0.15, -0.1) is 0 Å². The highest BCUT2D eigenvalue weighted by molar-refractivity contribution is 8.04. The summed E-state index contributed by atoms with van der Waals surface area (Å²) in [5.74, 6) is -0.211. The molecule has 1 aliphatic rings. The lowest BCUT2D eigenvalue weighted by Gasteiger charge is -2.18. The van der Waals surface area contributed by atoms with Gasteiger partial charge in [-0.05, 0) is 22.9 Å². The zero-order valence-electron chi connectivity index (χ0n) is 9.08. The Balaban J connectivity index is 3.21. The summed E-state index contributed by atoms with van der Waals surface area (Å²) in [4.78, 5) is 23.0. The molecule has 1 heterocycles. The van der Waals surface area contributed by atoms with Gasteiger partial charge in [-0.1, -0.05) is 6.92 Å². The summed E-state index contributed by atoms with van der Waals surface area (Å²) in [5, 5.41) is 0. The molecule has 0 fully saturated rings. The van der Waals surface area contributed by atoms with E-state index in [1.54, 1.807) is 13.8 Å². The van der Waals surface area contributed by atoms with Gasteiger partial charge in [0.25, 0.3) is 0 Å². The molecule has 4 nitrogen and oxygen atoms in total. The number of carbonyl (C=O) groups is 2. The Hall–Kier alpha value is -0.840. The number of esters is 1. The lowest BCUT2D eigenvalue weighted by atomic mass is 10.2. The van der Waals surface area contributed by atoms with Crippen LogP contribution >= 0.6 is 0 Å². The molecule has 1 atom stereocenters. The maximum absolute atomic E-state index is 12.3. The first-order chi connectivity index (χ1) is 7.05. The Morgan fingerprint density at radius 2 is 2.13 bits per heavy atom.